The van der Waals surface area contributed by atoms with Crippen molar-refractivity contribution in [2.24, 2.45) is 5.10 Å². The van der Waals surface area contributed by atoms with Gasteiger partial charge in [0.25, 0.3) is 5.91 Å². The molecule has 5 nitrogen and oxygen atoms in total. The van der Waals surface area contributed by atoms with Gasteiger partial charge >= 0.3 is 0 Å². The van der Waals surface area contributed by atoms with Crippen LogP contribution in [0.4, 0.5) is 5.69 Å². The number of hydrogen-bond acceptors (Lipinski definition) is 3. The molecular formula is C23H27Cl2N3O2. The van der Waals surface area contributed by atoms with Crippen LogP contribution in [0.5, 0.6) is 0 Å². The summed E-state index contributed by atoms with van der Waals surface area (Å²) in [6.45, 7) is 3.97. The maximum atomic E-state index is 12.5. The van der Waals surface area contributed by atoms with Crippen molar-refractivity contribution in [2.75, 3.05) is 5.32 Å². The van der Waals surface area contributed by atoms with E-state index >= 15 is 0 Å². The van der Waals surface area contributed by atoms with Crippen LogP contribution < -0.4 is 10.7 Å². The van der Waals surface area contributed by atoms with Crippen molar-refractivity contribution in [1.29, 1.82) is 0 Å². The fraction of sp³-hybridized carbons (Fsp3) is 0.348. The van der Waals surface area contributed by atoms with Crippen LogP contribution >= 0.6 is 23.2 Å². The van der Waals surface area contributed by atoms with Crippen LogP contribution in [0.1, 0.15) is 68.3 Å². The molecule has 2 amide bonds. The fourth-order valence-corrected chi connectivity index (χ4v) is 3.34. The summed E-state index contributed by atoms with van der Waals surface area (Å²) in [5.41, 5.74) is 4.97. The Balaban J connectivity index is 1.94. The number of halogens is 2. The van der Waals surface area contributed by atoms with Crippen molar-refractivity contribution in [3.8, 4) is 0 Å². The normalized spacial score (nSPS) is 11.3. The molecule has 0 atom stereocenters. The molecule has 0 aliphatic rings. The number of nitrogens with one attached hydrogen (secondary N) is 2. The van der Waals surface area contributed by atoms with E-state index in [0.717, 1.165) is 24.8 Å². The first-order valence-corrected chi connectivity index (χ1v) is 10.9. The topological polar surface area (TPSA) is 70.6 Å². The Morgan fingerprint density at radius 1 is 1.00 bits per heavy atom. The number of unbranched alkanes of at least 4 members (excludes halogenated alkanes) is 4. The lowest BCUT2D eigenvalue weighted by atomic mass is 10.1. The van der Waals surface area contributed by atoms with E-state index in [0.29, 0.717) is 28.4 Å². The lowest BCUT2D eigenvalue weighted by Crippen LogP contribution is -2.19. The number of amides is 2. The van der Waals surface area contributed by atoms with Gasteiger partial charge < -0.3 is 5.32 Å². The smallest absolute Gasteiger partial charge is 0.257 e. The van der Waals surface area contributed by atoms with Gasteiger partial charge in [0, 0.05) is 17.1 Å². The van der Waals surface area contributed by atoms with E-state index in [4.69, 9.17) is 23.2 Å². The molecule has 0 aromatic heterocycles. The average Bonchev–Trinajstić information content (AvgIpc) is 2.72. The molecule has 0 saturated carbocycles. The lowest BCUT2D eigenvalue weighted by Gasteiger charge is -2.09. The molecule has 0 unspecified atom stereocenters. The third kappa shape index (κ3) is 7.81. The van der Waals surface area contributed by atoms with Crippen molar-refractivity contribution >= 4 is 46.4 Å². The molecule has 0 heterocycles. The monoisotopic (exact) mass is 447 g/mol. The molecule has 2 aromatic carbocycles. The summed E-state index contributed by atoms with van der Waals surface area (Å²) in [6, 6.07) is 11.9. The maximum Gasteiger partial charge on any atom is 0.257 e. The number of nitrogens with zero attached hydrogens (tertiary/aromatic N) is 1. The second-order valence-corrected chi connectivity index (χ2v) is 7.90. The van der Waals surface area contributed by atoms with Gasteiger partial charge in [0.1, 0.15) is 0 Å². The predicted octanol–water partition coefficient (Wildman–Crippen LogP) is 6.45. The summed E-state index contributed by atoms with van der Waals surface area (Å²) in [7, 11) is 0. The van der Waals surface area contributed by atoms with Crippen LogP contribution in [-0.4, -0.2) is 17.5 Å². The van der Waals surface area contributed by atoms with E-state index in [2.05, 4.69) is 22.8 Å². The SMILES string of the molecule is CCCCCCCC(=O)N/N=C(\C)c1cccc(NC(=O)c2ccc(Cl)cc2Cl)c1. The molecule has 7 heteroatoms. The van der Waals surface area contributed by atoms with Gasteiger partial charge in [0.2, 0.25) is 5.91 Å². The Kier molecular flexibility index (Phi) is 9.84. The quantitative estimate of drug-likeness (QED) is 0.249. The van der Waals surface area contributed by atoms with Gasteiger partial charge in [0.05, 0.1) is 16.3 Å². The van der Waals surface area contributed by atoms with E-state index in [1.807, 2.05) is 12.1 Å². The van der Waals surface area contributed by atoms with Gasteiger partial charge in [-0.15, -0.1) is 0 Å². The largest absolute Gasteiger partial charge is 0.322 e. The fourth-order valence-electron chi connectivity index (χ4n) is 2.85. The molecule has 0 aliphatic carbocycles. The minimum Gasteiger partial charge on any atom is -0.322 e. The summed E-state index contributed by atoms with van der Waals surface area (Å²) in [4.78, 5) is 24.4. The highest BCUT2D eigenvalue weighted by Gasteiger charge is 2.11. The minimum atomic E-state index is -0.334. The summed E-state index contributed by atoms with van der Waals surface area (Å²) in [5, 5.41) is 7.74. The lowest BCUT2D eigenvalue weighted by molar-refractivity contribution is -0.121. The second-order valence-electron chi connectivity index (χ2n) is 7.06. The molecule has 2 N–H and O–H groups in total. The standard InChI is InChI=1S/C23H27Cl2N3O2/c1-3-4-5-6-7-11-22(29)28-27-16(2)17-9-8-10-19(14-17)26-23(30)20-13-12-18(24)15-21(20)25/h8-10,12-15H,3-7,11H2,1-2H3,(H,26,30)(H,28,29)/b27-16+. The number of hydrogen-bond donors (Lipinski definition) is 2. The van der Waals surface area contributed by atoms with Gasteiger partial charge in [-0.2, -0.15) is 5.10 Å². The van der Waals surface area contributed by atoms with Gasteiger partial charge in [0.15, 0.2) is 0 Å². The molecule has 0 fully saturated rings. The van der Waals surface area contributed by atoms with Crippen LogP contribution in [0, 0.1) is 0 Å². The summed E-state index contributed by atoms with van der Waals surface area (Å²) >= 11 is 12.0. The van der Waals surface area contributed by atoms with Crippen molar-refractivity contribution in [3.05, 3.63) is 63.6 Å². The van der Waals surface area contributed by atoms with E-state index < -0.39 is 0 Å². The van der Waals surface area contributed by atoms with Gasteiger partial charge in [-0.05, 0) is 49.2 Å². The number of rotatable bonds is 10. The Bertz CT molecular complexity index is 913. The zero-order valence-corrected chi connectivity index (χ0v) is 18.8. The number of carbonyl (C=O) groups is 2. The van der Waals surface area contributed by atoms with Crippen LogP contribution in [-0.2, 0) is 4.79 Å². The molecule has 0 bridgehead atoms. The van der Waals surface area contributed by atoms with E-state index in [9.17, 15) is 9.59 Å². The first-order valence-electron chi connectivity index (χ1n) is 10.1. The summed E-state index contributed by atoms with van der Waals surface area (Å²) in [5.74, 6) is -0.424. The number of carbonyl (C=O) groups excluding carboxylic acids is 2. The van der Waals surface area contributed by atoms with Gasteiger partial charge in [-0.1, -0.05) is 67.9 Å². The molecule has 160 valence electrons. The first-order chi connectivity index (χ1) is 14.4. The molecule has 0 radical (unpaired) electrons. The second kappa shape index (κ2) is 12.4. The van der Waals surface area contributed by atoms with E-state index in [1.54, 1.807) is 31.2 Å². The van der Waals surface area contributed by atoms with Crippen molar-refractivity contribution in [3.63, 3.8) is 0 Å². The number of hydrazone groups is 1. The highest BCUT2D eigenvalue weighted by Crippen LogP contribution is 2.22. The predicted molar refractivity (Wildman–Crippen MR) is 125 cm³/mol. The molecule has 0 aliphatic heterocycles. The zero-order chi connectivity index (χ0) is 21.9. The minimum absolute atomic E-state index is 0.0901. The van der Waals surface area contributed by atoms with Crippen molar-refractivity contribution in [1.82, 2.24) is 5.43 Å². The van der Waals surface area contributed by atoms with Crippen molar-refractivity contribution < 1.29 is 9.59 Å². The van der Waals surface area contributed by atoms with Gasteiger partial charge in [-0.25, -0.2) is 5.43 Å². The van der Waals surface area contributed by atoms with Crippen LogP contribution in [0.2, 0.25) is 10.0 Å². The van der Waals surface area contributed by atoms with E-state index in [1.165, 1.54) is 18.9 Å². The molecular weight excluding hydrogens is 421 g/mol. The maximum absolute atomic E-state index is 12.5. The Labute approximate surface area is 187 Å². The van der Waals surface area contributed by atoms with Crippen LogP contribution in [0.25, 0.3) is 0 Å². The third-order valence-corrected chi connectivity index (χ3v) is 5.12. The Morgan fingerprint density at radius 3 is 2.50 bits per heavy atom. The number of benzene rings is 2. The Hall–Kier alpha value is -2.37. The average molecular weight is 448 g/mol. The third-order valence-electron chi connectivity index (χ3n) is 4.57. The molecule has 2 aromatic rings. The Morgan fingerprint density at radius 2 is 1.77 bits per heavy atom. The zero-order valence-electron chi connectivity index (χ0n) is 17.3. The molecule has 2 rings (SSSR count). The van der Waals surface area contributed by atoms with Crippen LogP contribution in [0.3, 0.4) is 0 Å². The summed E-state index contributed by atoms with van der Waals surface area (Å²) < 4.78 is 0. The highest BCUT2D eigenvalue weighted by atomic mass is 35.5. The van der Waals surface area contributed by atoms with Crippen LogP contribution in [0.15, 0.2) is 47.6 Å². The van der Waals surface area contributed by atoms with Gasteiger partial charge in [-0.3, -0.25) is 9.59 Å². The highest BCUT2D eigenvalue weighted by molar-refractivity contribution is 6.37. The molecule has 30 heavy (non-hydrogen) atoms. The van der Waals surface area contributed by atoms with E-state index in [-0.39, 0.29) is 16.8 Å². The molecule has 0 spiro atoms. The van der Waals surface area contributed by atoms with Crippen molar-refractivity contribution in [2.45, 2.75) is 52.4 Å². The molecule has 0 saturated heterocycles. The first kappa shape index (κ1) is 23.9. The number of anilines is 1. The summed E-state index contributed by atoms with van der Waals surface area (Å²) in [6.07, 6.45) is 5.95.